The molecule has 2 aromatic carbocycles. The third kappa shape index (κ3) is 11.1. The fraction of sp³-hybridized carbons (Fsp3) is 0.483. The van der Waals surface area contributed by atoms with E-state index in [2.05, 4.69) is 15.4 Å². The molecule has 0 aromatic heterocycles. The molecule has 2 aromatic rings. The van der Waals surface area contributed by atoms with Crippen LogP contribution >= 0.6 is 0 Å². The molecule has 7 N–H and O–H groups in total. The number of fused-ring (bicyclic) bond motifs is 1. The van der Waals surface area contributed by atoms with Crippen molar-refractivity contribution < 1.29 is 37.4 Å². The Bertz CT molecular complexity index is 1440. The molecule has 242 valence electrons. The van der Waals surface area contributed by atoms with Gasteiger partial charge in [-0.1, -0.05) is 44.2 Å². The number of methoxy groups -OCH3 is 1. The van der Waals surface area contributed by atoms with E-state index >= 15 is 0 Å². The van der Waals surface area contributed by atoms with Gasteiger partial charge in [0, 0.05) is 26.6 Å². The van der Waals surface area contributed by atoms with Crippen molar-refractivity contribution in [1.82, 2.24) is 20.3 Å². The molecule has 0 bridgehead atoms. The van der Waals surface area contributed by atoms with Crippen LogP contribution in [0.3, 0.4) is 0 Å². The molecule has 3 rings (SSSR count). The first-order valence-corrected chi connectivity index (χ1v) is 15.6. The Morgan fingerprint density at radius 3 is 2.36 bits per heavy atom. The van der Waals surface area contributed by atoms with Crippen molar-refractivity contribution in [2.75, 3.05) is 26.7 Å². The van der Waals surface area contributed by atoms with Crippen LogP contribution in [0.15, 0.2) is 47.4 Å². The van der Waals surface area contributed by atoms with E-state index in [0.29, 0.717) is 18.5 Å². The van der Waals surface area contributed by atoms with E-state index in [1.54, 1.807) is 36.9 Å². The Morgan fingerprint density at radius 1 is 1.14 bits per heavy atom. The molecular formula is C29H42N6O8S. The molecule has 1 aliphatic heterocycles. The highest BCUT2D eigenvalue weighted by Gasteiger charge is 2.33. The van der Waals surface area contributed by atoms with Crippen LogP contribution in [0.5, 0.6) is 0 Å². The lowest BCUT2D eigenvalue weighted by molar-refractivity contribution is -0.146. The number of guanidine groups is 1. The Balaban J connectivity index is 0.00000159. The van der Waals surface area contributed by atoms with Gasteiger partial charge in [0.1, 0.15) is 12.1 Å². The second kappa shape index (κ2) is 16.6. The third-order valence-electron chi connectivity index (χ3n) is 6.90. The molecule has 1 fully saturated rings. The number of carbonyl (C=O) groups excluding carboxylic acids is 3. The van der Waals surface area contributed by atoms with E-state index in [9.17, 15) is 22.8 Å². The number of carbonyl (C=O) groups is 4. The molecule has 44 heavy (non-hydrogen) atoms. The van der Waals surface area contributed by atoms with Gasteiger partial charge in [0.05, 0.1) is 18.4 Å². The number of rotatable bonds is 11. The van der Waals surface area contributed by atoms with E-state index in [0.717, 1.165) is 25.2 Å². The van der Waals surface area contributed by atoms with Gasteiger partial charge in [-0.15, -0.1) is 0 Å². The predicted octanol–water partition coefficient (Wildman–Crippen LogP) is 1.00. The summed E-state index contributed by atoms with van der Waals surface area (Å²) in [6, 6.07) is 9.28. The summed E-state index contributed by atoms with van der Waals surface area (Å²) < 4.78 is 33.8. The molecule has 0 radical (unpaired) electrons. The highest BCUT2D eigenvalue weighted by atomic mass is 32.2. The number of nitrogens with zero attached hydrogens (tertiary/aromatic N) is 1. The van der Waals surface area contributed by atoms with Crippen LogP contribution < -0.4 is 21.1 Å². The summed E-state index contributed by atoms with van der Waals surface area (Å²) in [6.07, 6.45) is 1.16. The number of nitrogens with one attached hydrogen (secondary N) is 4. The van der Waals surface area contributed by atoms with Crippen molar-refractivity contribution in [3.63, 3.8) is 0 Å². The zero-order chi connectivity index (χ0) is 33.0. The largest absolute Gasteiger partial charge is 0.481 e. The summed E-state index contributed by atoms with van der Waals surface area (Å²) in [7, 11) is -3.04. The highest BCUT2D eigenvalue weighted by molar-refractivity contribution is 7.89. The molecule has 2 amide bonds. The number of piperidine rings is 1. The first-order valence-electron chi connectivity index (χ1n) is 14.1. The molecule has 1 aliphatic rings. The molecular weight excluding hydrogens is 592 g/mol. The number of hydrogen-bond donors (Lipinski definition) is 6. The van der Waals surface area contributed by atoms with Gasteiger partial charge in [0.15, 0.2) is 5.96 Å². The number of amides is 2. The van der Waals surface area contributed by atoms with E-state index in [1.165, 1.54) is 19.2 Å². The van der Waals surface area contributed by atoms with Crippen LogP contribution in [0, 0.1) is 17.2 Å². The molecule has 15 heteroatoms. The standard InChI is InChI=1S/C27H38N6O6S.C2H4O2/c1-17(2)24(26(36)39-3)31-25(35)22(14-23(34)30-15-18-7-6-12-33(16-18)27(28)29)32-40(37,38)21-11-10-19-8-4-5-9-20(19)13-21;1-2(3)4/h4-5,8-11,13,17-18,22,24,32H,6-7,12,14-16H2,1-3H3,(H3,28,29)(H,30,34)(H,31,35);1H3,(H,3,4)/t18-,22-,24-;/m0./s1. The Kier molecular flexibility index (Phi) is 13.5. The van der Waals surface area contributed by atoms with Crippen molar-refractivity contribution >= 4 is 50.5 Å². The molecule has 1 heterocycles. The summed E-state index contributed by atoms with van der Waals surface area (Å²) in [6.45, 7) is 5.97. The fourth-order valence-corrected chi connectivity index (χ4v) is 5.85. The number of benzene rings is 2. The topological polar surface area (TPSA) is 221 Å². The van der Waals surface area contributed by atoms with Crippen LogP contribution in [0.4, 0.5) is 0 Å². The van der Waals surface area contributed by atoms with E-state index in [1.807, 2.05) is 12.1 Å². The number of carboxylic acids is 1. The molecule has 14 nitrogen and oxygen atoms in total. The summed E-state index contributed by atoms with van der Waals surface area (Å²) in [5, 5.41) is 21.9. The Hall–Kier alpha value is -4.24. The average Bonchev–Trinajstić information content (AvgIpc) is 2.97. The third-order valence-corrected chi connectivity index (χ3v) is 8.37. The van der Waals surface area contributed by atoms with Crippen LogP contribution in [0.1, 0.15) is 40.0 Å². The molecule has 0 unspecified atom stereocenters. The minimum Gasteiger partial charge on any atom is -0.481 e. The lowest BCUT2D eigenvalue weighted by atomic mass is 9.98. The van der Waals surface area contributed by atoms with Gasteiger partial charge in [0.25, 0.3) is 5.97 Å². The zero-order valence-corrected chi connectivity index (χ0v) is 26.1. The molecule has 0 saturated carbocycles. The van der Waals surface area contributed by atoms with Gasteiger partial charge in [-0.2, -0.15) is 4.72 Å². The van der Waals surface area contributed by atoms with Gasteiger partial charge in [-0.3, -0.25) is 19.8 Å². The van der Waals surface area contributed by atoms with Gasteiger partial charge in [0.2, 0.25) is 21.8 Å². The van der Waals surface area contributed by atoms with Gasteiger partial charge < -0.3 is 31.1 Å². The maximum Gasteiger partial charge on any atom is 0.328 e. The van der Waals surface area contributed by atoms with Crippen LogP contribution in [0.2, 0.25) is 0 Å². The van der Waals surface area contributed by atoms with Crippen LogP contribution in [-0.2, 0) is 33.9 Å². The predicted molar refractivity (Wildman–Crippen MR) is 164 cm³/mol. The summed E-state index contributed by atoms with van der Waals surface area (Å²) in [5.41, 5.74) is 5.59. The van der Waals surface area contributed by atoms with Crippen LogP contribution in [-0.4, -0.2) is 87.0 Å². The van der Waals surface area contributed by atoms with Crippen molar-refractivity contribution in [2.24, 2.45) is 17.6 Å². The minimum absolute atomic E-state index is 0.0267. The van der Waals surface area contributed by atoms with Crippen molar-refractivity contribution in [3.8, 4) is 0 Å². The van der Waals surface area contributed by atoms with Crippen molar-refractivity contribution in [2.45, 2.75) is 57.0 Å². The van der Waals surface area contributed by atoms with Crippen molar-refractivity contribution in [1.29, 1.82) is 5.41 Å². The Morgan fingerprint density at radius 2 is 1.77 bits per heavy atom. The fourth-order valence-electron chi connectivity index (χ4n) is 4.62. The number of likely N-dealkylation sites (tertiary alicyclic amines) is 1. The highest BCUT2D eigenvalue weighted by Crippen LogP contribution is 2.20. The molecule has 0 spiro atoms. The van der Waals surface area contributed by atoms with E-state index < -0.39 is 52.3 Å². The summed E-state index contributed by atoms with van der Waals surface area (Å²) in [4.78, 5) is 49.1. The number of ether oxygens (including phenoxy) is 1. The average molecular weight is 635 g/mol. The van der Waals surface area contributed by atoms with Crippen molar-refractivity contribution in [3.05, 3.63) is 42.5 Å². The zero-order valence-electron chi connectivity index (χ0n) is 25.3. The first kappa shape index (κ1) is 36.0. The minimum atomic E-state index is -4.23. The number of sulfonamides is 1. The maximum atomic E-state index is 13.3. The normalized spacial score (nSPS) is 16.2. The number of nitrogens with two attached hydrogens (primary N) is 1. The molecule has 1 saturated heterocycles. The lowest BCUT2D eigenvalue weighted by Crippen LogP contribution is -2.54. The summed E-state index contributed by atoms with van der Waals surface area (Å²) >= 11 is 0. The lowest BCUT2D eigenvalue weighted by Gasteiger charge is -2.33. The van der Waals surface area contributed by atoms with Gasteiger partial charge in [-0.05, 0) is 47.6 Å². The number of hydrogen-bond acceptors (Lipinski definition) is 8. The van der Waals surface area contributed by atoms with E-state index in [4.69, 9.17) is 25.8 Å². The van der Waals surface area contributed by atoms with Crippen LogP contribution in [0.25, 0.3) is 10.8 Å². The van der Waals surface area contributed by atoms with Gasteiger partial charge in [-0.25, -0.2) is 13.2 Å². The SMILES string of the molecule is CC(=O)O.COC(=O)[C@@H](NC(=O)[C@H](CC(=O)NC[C@@H]1CCCN(C(=N)N)C1)NS(=O)(=O)c1ccc2ccccc2c1)C(C)C. The van der Waals surface area contributed by atoms with E-state index in [-0.39, 0.29) is 29.2 Å². The second-order valence-electron chi connectivity index (χ2n) is 10.8. The quantitative estimate of drug-likeness (QED) is 0.117. The summed E-state index contributed by atoms with van der Waals surface area (Å²) in [5.74, 6) is -3.21. The number of carboxylic acid groups (broad SMARTS) is 1. The molecule has 3 atom stereocenters. The maximum absolute atomic E-state index is 13.3. The second-order valence-corrected chi connectivity index (χ2v) is 12.5. The monoisotopic (exact) mass is 634 g/mol. The number of aliphatic carboxylic acids is 1. The Labute approximate surface area is 257 Å². The first-order chi connectivity index (χ1) is 20.6. The number of esters is 1. The van der Waals surface area contributed by atoms with Gasteiger partial charge >= 0.3 is 5.97 Å². The molecule has 0 aliphatic carbocycles. The smallest absolute Gasteiger partial charge is 0.328 e.